The first-order valence-electron chi connectivity index (χ1n) is 14.3. The van der Waals surface area contributed by atoms with E-state index < -0.39 is 11.8 Å². The van der Waals surface area contributed by atoms with Gasteiger partial charge in [0.15, 0.2) is 11.0 Å². The number of alkyl halides is 3. The summed E-state index contributed by atoms with van der Waals surface area (Å²) in [4.78, 5) is 36.5. The number of aryl methyl sites for hydroxylation is 1. The predicted octanol–water partition coefficient (Wildman–Crippen LogP) is 7.60. The van der Waals surface area contributed by atoms with Crippen molar-refractivity contribution in [2.24, 2.45) is 4.99 Å². The summed E-state index contributed by atoms with van der Waals surface area (Å²) >= 11 is 1.27. The Morgan fingerprint density at radius 3 is 2.38 bits per heavy atom. The van der Waals surface area contributed by atoms with Crippen molar-refractivity contribution < 1.29 is 27.5 Å². The maximum absolute atomic E-state index is 13.2. The fourth-order valence-corrected chi connectivity index (χ4v) is 5.91. The molecule has 1 saturated heterocycles. The Morgan fingerprint density at radius 1 is 1.04 bits per heavy atom. The predicted molar refractivity (Wildman–Crippen MR) is 169 cm³/mol. The molecular weight excluding hydrogens is 603 g/mol. The number of carbonyl (C=O) groups is 2. The summed E-state index contributed by atoms with van der Waals surface area (Å²) < 4.78 is 42.7. The third-order valence-electron chi connectivity index (χ3n) is 7.38. The van der Waals surface area contributed by atoms with Crippen LogP contribution in [0, 0.1) is 6.92 Å². The topological polar surface area (TPSA) is 89.7 Å². The van der Waals surface area contributed by atoms with Gasteiger partial charge in [0.25, 0.3) is 0 Å². The minimum Gasteiger partial charge on any atom is -0.406 e. The van der Waals surface area contributed by atoms with Crippen molar-refractivity contribution in [3.05, 3.63) is 89.7 Å². The van der Waals surface area contributed by atoms with Crippen molar-refractivity contribution in [2.75, 3.05) is 10.7 Å². The van der Waals surface area contributed by atoms with E-state index in [1.165, 1.54) is 47.0 Å². The van der Waals surface area contributed by atoms with E-state index >= 15 is 0 Å². The second kappa shape index (κ2) is 12.5. The van der Waals surface area contributed by atoms with Crippen LogP contribution in [-0.2, 0) is 15.0 Å². The molecule has 2 heterocycles. The highest BCUT2D eigenvalue weighted by Gasteiger charge is 2.34. The lowest BCUT2D eigenvalue weighted by Gasteiger charge is -2.25. The van der Waals surface area contributed by atoms with Crippen molar-refractivity contribution >= 4 is 34.4 Å². The van der Waals surface area contributed by atoms with Crippen LogP contribution in [0.1, 0.15) is 56.7 Å². The van der Waals surface area contributed by atoms with E-state index in [0.29, 0.717) is 16.7 Å². The molecule has 0 radical (unpaired) electrons. The number of aliphatic imine (C=N–C) groups is 1. The van der Waals surface area contributed by atoms with Gasteiger partial charge in [0.2, 0.25) is 11.8 Å². The highest BCUT2D eigenvalue weighted by atomic mass is 32.2. The minimum atomic E-state index is -4.76. The average Bonchev–Trinajstić information content (AvgIpc) is 3.59. The van der Waals surface area contributed by atoms with Gasteiger partial charge in [-0.05, 0) is 65.3 Å². The van der Waals surface area contributed by atoms with Crippen LogP contribution in [0.3, 0.4) is 0 Å². The molecule has 2 amide bonds. The van der Waals surface area contributed by atoms with Gasteiger partial charge in [0, 0.05) is 12.0 Å². The lowest BCUT2D eigenvalue weighted by molar-refractivity contribution is -0.274. The summed E-state index contributed by atoms with van der Waals surface area (Å²) in [6, 6.07) is 18.8. The molecule has 0 bridgehead atoms. The van der Waals surface area contributed by atoms with E-state index in [-0.39, 0.29) is 35.7 Å². The molecule has 0 saturated carbocycles. The monoisotopic (exact) mass is 635 g/mol. The lowest BCUT2D eigenvalue weighted by Crippen LogP contribution is -2.31. The number of hydrogen-bond acceptors (Lipinski definition) is 6. The molecule has 0 aliphatic carbocycles. The van der Waals surface area contributed by atoms with E-state index in [9.17, 15) is 22.8 Å². The number of halogens is 3. The molecule has 4 aromatic rings. The zero-order chi connectivity index (χ0) is 32.5. The third-order valence-corrected chi connectivity index (χ3v) is 8.30. The van der Waals surface area contributed by atoms with E-state index in [0.717, 1.165) is 27.9 Å². The number of ether oxygens (including phenoxy) is 1. The van der Waals surface area contributed by atoms with Crippen LogP contribution in [0.4, 0.5) is 18.9 Å². The molecule has 0 N–H and O–H groups in total. The molecule has 1 fully saturated rings. The molecule has 0 atom stereocenters. The number of aromatic nitrogens is 3. The highest BCUT2D eigenvalue weighted by Crippen LogP contribution is 2.35. The second-order valence-electron chi connectivity index (χ2n) is 11.7. The molecule has 0 unspecified atom stereocenters. The minimum absolute atomic E-state index is 0.0996. The Morgan fingerprint density at radius 2 is 1.73 bits per heavy atom. The quantitative estimate of drug-likeness (QED) is 0.198. The van der Waals surface area contributed by atoms with E-state index in [1.807, 2.05) is 63.2 Å². The van der Waals surface area contributed by atoms with Crippen LogP contribution < -0.4 is 9.64 Å². The number of nitrogens with zero attached hydrogens (tertiary/aromatic N) is 5. The van der Waals surface area contributed by atoms with Crippen LogP contribution in [0.5, 0.6) is 5.75 Å². The lowest BCUT2D eigenvalue weighted by atomic mass is 9.81. The summed E-state index contributed by atoms with van der Waals surface area (Å²) in [5.74, 6) is 0.0975. The van der Waals surface area contributed by atoms with Crippen LogP contribution in [0.2, 0.25) is 0 Å². The number of thioether (sulfide) groups is 1. The molecule has 5 rings (SSSR count). The first kappa shape index (κ1) is 32.0. The highest BCUT2D eigenvalue weighted by molar-refractivity contribution is 8.15. The van der Waals surface area contributed by atoms with Crippen molar-refractivity contribution in [3.8, 4) is 22.8 Å². The zero-order valence-corrected chi connectivity index (χ0v) is 26.2. The van der Waals surface area contributed by atoms with E-state index in [1.54, 1.807) is 4.90 Å². The molecule has 12 heteroatoms. The normalized spacial score (nSPS) is 14.9. The fourth-order valence-electron chi connectivity index (χ4n) is 5.03. The molecule has 1 aliphatic heterocycles. The van der Waals surface area contributed by atoms with Gasteiger partial charge in [0.05, 0.1) is 17.1 Å². The Bertz CT molecular complexity index is 1750. The van der Waals surface area contributed by atoms with Crippen LogP contribution >= 0.6 is 11.8 Å². The van der Waals surface area contributed by atoms with Crippen molar-refractivity contribution in [2.45, 2.75) is 58.7 Å². The summed E-state index contributed by atoms with van der Waals surface area (Å²) in [5.41, 5.74) is 4.40. The number of amidine groups is 1. The molecule has 1 aliphatic rings. The Labute approximate surface area is 263 Å². The number of anilines is 1. The molecular formula is C33H32F3N5O3S. The smallest absolute Gasteiger partial charge is 0.406 e. The second-order valence-corrected chi connectivity index (χ2v) is 12.7. The number of carbonyl (C=O) groups excluding carboxylic acids is 2. The van der Waals surface area contributed by atoms with Crippen molar-refractivity contribution in [3.63, 3.8) is 0 Å². The summed E-state index contributed by atoms with van der Waals surface area (Å²) in [6.07, 6.45) is -3.16. The summed E-state index contributed by atoms with van der Waals surface area (Å²) in [7, 11) is 0. The summed E-state index contributed by atoms with van der Waals surface area (Å²) in [5, 5.41) is 4.85. The van der Waals surface area contributed by atoms with Gasteiger partial charge in [-0.15, -0.1) is 18.3 Å². The van der Waals surface area contributed by atoms with Crippen LogP contribution in [-0.4, -0.2) is 43.9 Å². The largest absolute Gasteiger partial charge is 0.573 e. The maximum Gasteiger partial charge on any atom is 0.573 e. The van der Waals surface area contributed by atoms with Gasteiger partial charge in [-0.3, -0.25) is 14.5 Å². The Balaban J connectivity index is 1.29. The molecule has 1 aromatic heterocycles. The SMILES string of the molecule is Cc1ccc(C(C)C)c(N2C(=O)CSC2=NC(=O)CC(C)(C)c2ccc(-c3ncn(-c4ccc(OC(F)(F)F)cc4)n3)cc2)c1. The van der Waals surface area contributed by atoms with Crippen molar-refractivity contribution in [1.82, 2.24) is 14.8 Å². The summed E-state index contributed by atoms with van der Waals surface area (Å²) in [6.45, 7) is 10.0. The molecule has 8 nitrogen and oxygen atoms in total. The van der Waals surface area contributed by atoms with Gasteiger partial charge in [-0.2, -0.15) is 4.99 Å². The molecule has 0 spiro atoms. The van der Waals surface area contributed by atoms with Gasteiger partial charge < -0.3 is 4.74 Å². The van der Waals surface area contributed by atoms with E-state index in [2.05, 4.69) is 33.7 Å². The number of amides is 2. The van der Waals surface area contributed by atoms with Crippen LogP contribution in [0.25, 0.3) is 17.1 Å². The van der Waals surface area contributed by atoms with E-state index in [4.69, 9.17) is 0 Å². The maximum atomic E-state index is 13.2. The van der Waals surface area contributed by atoms with Crippen LogP contribution in [0.15, 0.2) is 78.0 Å². The Kier molecular flexibility index (Phi) is 8.88. The molecule has 234 valence electrons. The Hall–Kier alpha value is -4.45. The third kappa shape index (κ3) is 7.44. The number of benzene rings is 3. The molecule has 3 aromatic carbocycles. The fraction of sp³-hybridized carbons (Fsp3) is 0.303. The first-order valence-corrected chi connectivity index (χ1v) is 15.3. The standard InChI is InChI=1S/C33H32F3N5O3S/c1-20(2)26-15-6-21(3)16-27(26)41-29(43)18-45-31(41)38-28(42)17-32(4,5)23-9-7-22(8-10-23)30-37-19-40(39-30)24-11-13-25(14-12-24)44-33(34,35)36/h6-16,19-20H,17-18H2,1-5H3. The number of hydrogen-bond donors (Lipinski definition) is 0. The van der Waals surface area contributed by atoms with Gasteiger partial charge >= 0.3 is 6.36 Å². The average molecular weight is 636 g/mol. The molecule has 45 heavy (non-hydrogen) atoms. The van der Waals surface area contributed by atoms with Gasteiger partial charge in [-0.1, -0.05) is 75.9 Å². The van der Waals surface area contributed by atoms with Crippen molar-refractivity contribution in [1.29, 1.82) is 0 Å². The number of rotatable bonds is 8. The van der Waals surface area contributed by atoms with Gasteiger partial charge in [0.1, 0.15) is 12.1 Å². The zero-order valence-electron chi connectivity index (χ0n) is 25.4. The first-order chi connectivity index (χ1) is 21.2. The van der Waals surface area contributed by atoms with Gasteiger partial charge in [-0.25, -0.2) is 9.67 Å².